The van der Waals surface area contributed by atoms with Crippen LogP contribution in [0.1, 0.15) is 10.4 Å². The van der Waals surface area contributed by atoms with Gasteiger partial charge in [-0.2, -0.15) is 0 Å². The molecule has 10 heteroatoms. The lowest BCUT2D eigenvalue weighted by Crippen LogP contribution is -2.19. The second-order valence-electron chi connectivity index (χ2n) is 6.64. The van der Waals surface area contributed by atoms with Gasteiger partial charge in [-0.1, -0.05) is 29.8 Å². The highest BCUT2D eigenvalue weighted by Crippen LogP contribution is 2.26. The summed E-state index contributed by atoms with van der Waals surface area (Å²) in [7, 11) is 1.59. The molecule has 1 amide bonds. The zero-order chi connectivity index (χ0) is 23.8. The van der Waals surface area contributed by atoms with E-state index in [1.54, 1.807) is 7.11 Å². The molecule has 0 aromatic heterocycles. The van der Waals surface area contributed by atoms with Crippen LogP contribution in [0.2, 0.25) is 5.02 Å². The molecule has 0 saturated carbocycles. The average molecular weight is 502 g/mol. The average Bonchev–Trinajstić information content (AvgIpc) is 2.79. The summed E-state index contributed by atoms with van der Waals surface area (Å²) in [5.74, 6) is -0.623. The van der Waals surface area contributed by atoms with Gasteiger partial charge in [0, 0.05) is 10.6 Å². The first-order chi connectivity index (χ1) is 15.9. The molecule has 0 unspecified atom stereocenters. The first-order valence-electron chi connectivity index (χ1n) is 9.62. The van der Waals surface area contributed by atoms with Gasteiger partial charge in [0.25, 0.3) is 0 Å². The van der Waals surface area contributed by atoms with E-state index in [9.17, 15) is 9.59 Å². The third-order valence-corrected chi connectivity index (χ3v) is 5.83. The molecule has 3 aromatic rings. The molecule has 170 valence electrons. The van der Waals surface area contributed by atoms with Gasteiger partial charge in [-0.15, -0.1) is 11.8 Å². The monoisotopic (exact) mass is 501 g/mol. The number of hydrogen-bond donors (Lipinski definition) is 4. The maximum Gasteiger partial charge on any atom is 0.335 e. The number of halogens is 1. The summed E-state index contributed by atoms with van der Waals surface area (Å²) in [6.45, 7) is 0. The number of carboxylic acid groups (broad SMARTS) is 1. The third-order valence-electron chi connectivity index (χ3n) is 4.30. The van der Waals surface area contributed by atoms with Crippen LogP contribution >= 0.6 is 35.6 Å². The van der Waals surface area contributed by atoms with Crippen LogP contribution in [-0.4, -0.2) is 35.0 Å². The molecule has 0 aliphatic heterocycles. The number of hydrogen-bond acceptors (Lipinski definition) is 5. The molecule has 0 aliphatic rings. The van der Waals surface area contributed by atoms with E-state index in [4.69, 9.17) is 33.7 Å². The molecule has 0 radical (unpaired) electrons. The van der Waals surface area contributed by atoms with Crippen molar-refractivity contribution < 1.29 is 19.4 Å². The molecular formula is C23H20ClN3O4S2. The zero-order valence-electron chi connectivity index (χ0n) is 17.4. The van der Waals surface area contributed by atoms with Crippen molar-refractivity contribution in [1.82, 2.24) is 0 Å². The molecule has 4 N–H and O–H groups in total. The van der Waals surface area contributed by atoms with Gasteiger partial charge in [-0.05, 0) is 60.7 Å². The van der Waals surface area contributed by atoms with Crippen LogP contribution in [0.3, 0.4) is 0 Å². The second kappa shape index (κ2) is 11.6. The number of ether oxygens (including phenoxy) is 1. The van der Waals surface area contributed by atoms with E-state index in [2.05, 4.69) is 16.0 Å². The Morgan fingerprint density at radius 1 is 1.00 bits per heavy atom. The summed E-state index contributed by atoms with van der Waals surface area (Å²) in [5.41, 5.74) is 1.79. The predicted molar refractivity (Wildman–Crippen MR) is 137 cm³/mol. The zero-order valence-corrected chi connectivity index (χ0v) is 19.8. The van der Waals surface area contributed by atoms with E-state index in [1.807, 2.05) is 48.5 Å². The van der Waals surface area contributed by atoms with E-state index in [-0.39, 0.29) is 27.9 Å². The highest BCUT2D eigenvalue weighted by molar-refractivity contribution is 8.00. The van der Waals surface area contributed by atoms with Crippen LogP contribution in [0.15, 0.2) is 71.6 Å². The number of carboxylic acids is 1. The van der Waals surface area contributed by atoms with E-state index < -0.39 is 5.97 Å². The van der Waals surface area contributed by atoms with Gasteiger partial charge < -0.3 is 25.8 Å². The van der Waals surface area contributed by atoms with Crippen molar-refractivity contribution in [3.05, 3.63) is 77.3 Å². The van der Waals surface area contributed by atoms with Crippen molar-refractivity contribution in [2.75, 3.05) is 28.8 Å². The smallest absolute Gasteiger partial charge is 0.335 e. The minimum atomic E-state index is -1.10. The molecule has 0 aliphatic carbocycles. The van der Waals surface area contributed by atoms with Crippen LogP contribution in [-0.2, 0) is 4.79 Å². The Morgan fingerprint density at radius 3 is 2.55 bits per heavy atom. The summed E-state index contributed by atoms with van der Waals surface area (Å²) in [6, 6.07) is 19.0. The summed E-state index contributed by atoms with van der Waals surface area (Å²) in [6.07, 6.45) is 0. The Morgan fingerprint density at radius 2 is 1.79 bits per heavy atom. The molecule has 0 spiro atoms. The number of anilines is 3. The molecule has 3 rings (SSSR count). The first kappa shape index (κ1) is 24.4. The normalized spacial score (nSPS) is 10.2. The SMILES string of the molecule is COc1ccccc1NC(=S)Nc1cccc(SCC(=O)Nc2cc(C(=O)O)ccc2Cl)c1. The number of carbonyl (C=O) groups is 2. The van der Waals surface area contributed by atoms with Crippen LogP contribution in [0.25, 0.3) is 0 Å². The number of amides is 1. The van der Waals surface area contributed by atoms with E-state index in [1.165, 1.54) is 30.0 Å². The summed E-state index contributed by atoms with van der Waals surface area (Å²) < 4.78 is 5.31. The van der Waals surface area contributed by atoms with Gasteiger partial charge in [0.05, 0.1) is 34.8 Å². The van der Waals surface area contributed by atoms with Crippen molar-refractivity contribution in [1.29, 1.82) is 0 Å². The summed E-state index contributed by atoms with van der Waals surface area (Å²) >= 11 is 12.8. The minimum absolute atomic E-state index is 0.0406. The molecule has 7 nitrogen and oxygen atoms in total. The van der Waals surface area contributed by atoms with Gasteiger partial charge in [-0.25, -0.2) is 4.79 Å². The van der Waals surface area contributed by atoms with Crippen molar-refractivity contribution in [2.45, 2.75) is 4.90 Å². The highest BCUT2D eigenvalue weighted by atomic mass is 35.5. The number of benzene rings is 3. The first-order valence-corrected chi connectivity index (χ1v) is 11.4. The Kier molecular flexibility index (Phi) is 8.53. The Bertz CT molecular complexity index is 1190. The minimum Gasteiger partial charge on any atom is -0.495 e. The van der Waals surface area contributed by atoms with Crippen LogP contribution in [0.4, 0.5) is 17.1 Å². The Labute approximate surface area is 205 Å². The number of thiocarbonyl (C=S) groups is 1. The molecule has 3 aromatic carbocycles. The summed E-state index contributed by atoms with van der Waals surface area (Å²) in [4.78, 5) is 24.3. The van der Waals surface area contributed by atoms with Crippen molar-refractivity contribution in [3.8, 4) is 5.75 Å². The number of aromatic carboxylic acids is 1. The maximum absolute atomic E-state index is 12.3. The van der Waals surface area contributed by atoms with Crippen LogP contribution < -0.4 is 20.7 Å². The number of rotatable bonds is 8. The van der Waals surface area contributed by atoms with Crippen LogP contribution in [0, 0.1) is 0 Å². The van der Waals surface area contributed by atoms with Gasteiger partial charge in [0.1, 0.15) is 5.75 Å². The summed E-state index contributed by atoms with van der Waals surface area (Å²) in [5, 5.41) is 18.6. The third kappa shape index (κ3) is 7.11. The van der Waals surface area contributed by atoms with E-state index >= 15 is 0 Å². The van der Waals surface area contributed by atoms with E-state index in [0.717, 1.165) is 16.3 Å². The number of methoxy groups -OCH3 is 1. The second-order valence-corrected chi connectivity index (χ2v) is 8.51. The van der Waals surface area contributed by atoms with Gasteiger partial charge in [0.2, 0.25) is 5.91 Å². The standard InChI is InChI=1S/C23H20ClN3O4S2/c1-31-20-8-3-2-7-18(20)27-23(32)25-15-5-4-6-16(12-15)33-13-21(28)26-19-11-14(22(29)30)9-10-17(19)24/h2-12H,13H2,1H3,(H,26,28)(H,29,30)(H2,25,27,32). The fraction of sp³-hybridized carbons (Fsp3) is 0.0870. The van der Waals surface area contributed by atoms with Crippen molar-refractivity contribution >= 4 is 69.6 Å². The largest absolute Gasteiger partial charge is 0.495 e. The lowest BCUT2D eigenvalue weighted by molar-refractivity contribution is -0.113. The number of nitrogens with one attached hydrogen (secondary N) is 3. The lowest BCUT2D eigenvalue weighted by Gasteiger charge is -2.14. The molecule has 0 atom stereocenters. The predicted octanol–water partition coefficient (Wildman–Crippen LogP) is 5.59. The molecule has 0 saturated heterocycles. The molecule has 33 heavy (non-hydrogen) atoms. The molecule has 0 fully saturated rings. The quantitative estimate of drug-likeness (QED) is 0.234. The maximum atomic E-state index is 12.3. The van der Waals surface area contributed by atoms with Crippen LogP contribution in [0.5, 0.6) is 5.75 Å². The Balaban J connectivity index is 1.57. The number of para-hydroxylation sites is 2. The van der Waals surface area contributed by atoms with E-state index in [0.29, 0.717) is 10.9 Å². The number of carbonyl (C=O) groups excluding carboxylic acids is 1. The highest BCUT2D eigenvalue weighted by Gasteiger charge is 2.11. The molecular weight excluding hydrogens is 482 g/mol. The van der Waals surface area contributed by atoms with Crippen molar-refractivity contribution in [3.63, 3.8) is 0 Å². The van der Waals surface area contributed by atoms with Crippen molar-refractivity contribution in [2.24, 2.45) is 0 Å². The lowest BCUT2D eigenvalue weighted by atomic mass is 10.2. The van der Waals surface area contributed by atoms with Gasteiger partial charge in [0.15, 0.2) is 5.11 Å². The fourth-order valence-corrected chi connectivity index (χ4v) is 3.93. The van der Waals surface area contributed by atoms with Gasteiger partial charge >= 0.3 is 5.97 Å². The topological polar surface area (TPSA) is 99.7 Å². The number of thioether (sulfide) groups is 1. The van der Waals surface area contributed by atoms with Gasteiger partial charge in [-0.3, -0.25) is 4.79 Å². The fourth-order valence-electron chi connectivity index (χ4n) is 2.79. The molecule has 0 heterocycles. The Hall–Kier alpha value is -3.27. The molecule has 0 bridgehead atoms.